The first-order valence-corrected chi connectivity index (χ1v) is 10.6. The maximum absolute atomic E-state index is 13.0. The molecule has 0 spiro atoms. The quantitative estimate of drug-likeness (QED) is 0.806. The topological polar surface area (TPSA) is 69.7 Å². The Kier molecular flexibility index (Phi) is 5.33. The van der Waals surface area contributed by atoms with Crippen molar-refractivity contribution < 1.29 is 14.4 Å². The lowest BCUT2D eigenvalue weighted by atomic mass is 10.0. The van der Waals surface area contributed by atoms with E-state index in [1.54, 1.807) is 28.0 Å². The molecule has 0 unspecified atom stereocenters. The second-order valence-corrected chi connectivity index (χ2v) is 8.25. The summed E-state index contributed by atoms with van der Waals surface area (Å²) in [5.41, 5.74) is 3.70. The monoisotopic (exact) mass is 405 g/mol. The Morgan fingerprint density at radius 2 is 1.93 bits per heavy atom. The van der Waals surface area contributed by atoms with Crippen molar-refractivity contribution in [3.63, 3.8) is 0 Å². The lowest BCUT2D eigenvalue weighted by molar-refractivity contribution is -0.122. The van der Waals surface area contributed by atoms with Crippen LogP contribution in [-0.2, 0) is 9.59 Å². The molecule has 0 aliphatic carbocycles. The van der Waals surface area contributed by atoms with Crippen LogP contribution in [0.15, 0.2) is 42.5 Å². The maximum Gasteiger partial charge on any atom is 0.255 e. The summed E-state index contributed by atoms with van der Waals surface area (Å²) in [6.07, 6.45) is 1.72. The van der Waals surface area contributed by atoms with E-state index in [0.717, 1.165) is 17.7 Å². The first kappa shape index (κ1) is 20.1. The molecule has 1 N–H and O–H groups in total. The third-order valence-corrected chi connectivity index (χ3v) is 5.81. The number of fused-ring (bicyclic) bond motifs is 3. The van der Waals surface area contributed by atoms with Crippen LogP contribution in [0.4, 0.5) is 17.1 Å². The van der Waals surface area contributed by atoms with Gasteiger partial charge < -0.3 is 10.2 Å². The van der Waals surface area contributed by atoms with E-state index in [2.05, 4.69) is 19.2 Å². The van der Waals surface area contributed by atoms with Gasteiger partial charge in [0.15, 0.2) is 0 Å². The molecule has 1 atom stereocenters. The van der Waals surface area contributed by atoms with Crippen molar-refractivity contribution in [2.45, 2.75) is 52.0 Å². The Labute approximate surface area is 176 Å². The standard InChI is InChI=1S/C24H27N3O3/c1-4-12-26-21-14-17(23(29)25-18-7-5-6-16(13-18)15(2)3)8-9-19(21)27-20(24(26)30)10-11-22(27)28/h5-9,13-15,20H,4,10-12H2,1-3H3,(H,25,29)/t20-/m1/s1. The molecule has 6 nitrogen and oxygen atoms in total. The zero-order valence-electron chi connectivity index (χ0n) is 17.6. The van der Waals surface area contributed by atoms with Crippen LogP contribution in [0, 0.1) is 0 Å². The molecular formula is C24H27N3O3. The number of benzene rings is 2. The van der Waals surface area contributed by atoms with Crippen LogP contribution in [0.1, 0.15) is 61.9 Å². The highest BCUT2D eigenvalue weighted by atomic mass is 16.2. The van der Waals surface area contributed by atoms with Crippen LogP contribution in [0.3, 0.4) is 0 Å². The minimum absolute atomic E-state index is 0.0338. The van der Waals surface area contributed by atoms with E-state index in [1.807, 2.05) is 31.2 Å². The van der Waals surface area contributed by atoms with E-state index in [9.17, 15) is 14.4 Å². The summed E-state index contributed by atoms with van der Waals surface area (Å²) in [7, 11) is 0. The largest absolute Gasteiger partial charge is 0.322 e. The summed E-state index contributed by atoms with van der Waals surface area (Å²) >= 11 is 0. The number of nitrogens with zero attached hydrogens (tertiary/aromatic N) is 2. The van der Waals surface area contributed by atoms with Gasteiger partial charge in [0.2, 0.25) is 11.8 Å². The van der Waals surface area contributed by atoms with Gasteiger partial charge in [-0.05, 0) is 54.7 Å². The molecule has 1 fully saturated rings. The van der Waals surface area contributed by atoms with Gasteiger partial charge in [0.05, 0.1) is 11.4 Å². The lowest BCUT2D eigenvalue weighted by Gasteiger charge is -2.38. The Balaban J connectivity index is 1.67. The van der Waals surface area contributed by atoms with E-state index in [1.165, 1.54) is 0 Å². The molecule has 0 aromatic heterocycles. The summed E-state index contributed by atoms with van der Waals surface area (Å²) in [6.45, 7) is 6.79. The van der Waals surface area contributed by atoms with E-state index in [0.29, 0.717) is 42.2 Å². The molecular weight excluding hydrogens is 378 g/mol. The van der Waals surface area contributed by atoms with Crippen molar-refractivity contribution in [3.8, 4) is 0 Å². The first-order chi connectivity index (χ1) is 14.4. The van der Waals surface area contributed by atoms with E-state index in [-0.39, 0.29) is 17.7 Å². The molecule has 0 saturated carbocycles. The molecule has 6 heteroatoms. The highest BCUT2D eigenvalue weighted by Crippen LogP contribution is 2.41. The number of hydrogen-bond donors (Lipinski definition) is 1. The van der Waals surface area contributed by atoms with E-state index >= 15 is 0 Å². The number of anilines is 3. The fourth-order valence-electron chi connectivity index (χ4n) is 4.24. The third kappa shape index (κ3) is 3.47. The van der Waals surface area contributed by atoms with Crippen molar-refractivity contribution in [1.82, 2.24) is 0 Å². The Hall–Kier alpha value is -3.15. The summed E-state index contributed by atoms with van der Waals surface area (Å²) in [5.74, 6) is 0.0356. The summed E-state index contributed by atoms with van der Waals surface area (Å²) in [5, 5.41) is 2.95. The number of carbonyl (C=O) groups is 3. The SMILES string of the molecule is CCCN1C(=O)[C@H]2CCC(=O)N2c2ccc(C(=O)Nc3cccc(C(C)C)c3)cc21. The van der Waals surface area contributed by atoms with E-state index in [4.69, 9.17) is 0 Å². The predicted octanol–water partition coefficient (Wildman–Crippen LogP) is 4.31. The molecule has 4 rings (SSSR count). The minimum Gasteiger partial charge on any atom is -0.322 e. The molecule has 0 radical (unpaired) electrons. The van der Waals surface area contributed by atoms with Crippen LogP contribution >= 0.6 is 0 Å². The highest BCUT2D eigenvalue weighted by Gasteiger charge is 2.44. The van der Waals surface area contributed by atoms with Crippen molar-refractivity contribution in [2.24, 2.45) is 0 Å². The second kappa shape index (κ2) is 7.94. The molecule has 30 heavy (non-hydrogen) atoms. The Morgan fingerprint density at radius 1 is 1.13 bits per heavy atom. The van der Waals surface area contributed by atoms with Crippen molar-refractivity contribution in [3.05, 3.63) is 53.6 Å². The van der Waals surface area contributed by atoms with Crippen molar-refractivity contribution in [1.29, 1.82) is 0 Å². The Bertz CT molecular complexity index is 1010. The highest BCUT2D eigenvalue weighted by molar-refractivity contribution is 6.16. The molecule has 2 aliphatic heterocycles. The van der Waals surface area contributed by atoms with Gasteiger partial charge >= 0.3 is 0 Å². The van der Waals surface area contributed by atoms with Gasteiger partial charge in [0.25, 0.3) is 5.91 Å². The summed E-state index contributed by atoms with van der Waals surface area (Å²) in [6, 6.07) is 12.6. The van der Waals surface area contributed by atoms with Crippen molar-refractivity contribution in [2.75, 3.05) is 21.7 Å². The van der Waals surface area contributed by atoms with Crippen LogP contribution < -0.4 is 15.1 Å². The van der Waals surface area contributed by atoms with Gasteiger partial charge in [-0.2, -0.15) is 0 Å². The fraction of sp³-hybridized carbons (Fsp3) is 0.375. The molecule has 156 valence electrons. The number of rotatable bonds is 5. The summed E-state index contributed by atoms with van der Waals surface area (Å²) in [4.78, 5) is 41.7. The lowest BCUT2D eigenvalue weighted by Crippen LogP contribution is -2.52. The molecule has 1 saturated heterocycles. The Morgan fingerprint density at radius 3 is 2.67 bits per heavy atom. The molecule has 2 heterocycles. The van der Waals surface area contributed by atoms with Gasteiger partial charge in [-0.3, -0.25) is 19.3 Å². The molecule has 3 amide bonds. The van der Waals surface area contributed by atoms with Crippen LogP contribution in [-0.4, -0.2) is 30.3 Å². The third-order valence-electron chi connectivity index (χ3n) is 5.81. The average Bonchev–Trinajstić information content (AvgIpc) is 3.12. The molecule has 2 aromatic carbocycles. The number of hydrogen-bond acceptors (Lipinski definition) is 3. The summed E-state index contributed by atoms with van der Waals surface area (Å²) < 4.78 is 0. The maximum atomic E-state index is 13.0. The minimum atomic E-state index is -0.421. The smallest absolute Gasteiger partial charge is 0.255 e. The van der Waals surface area contributed by atoms with Crippen LogP contribution in [0.2, 0.25) is 0 Å². The van der Waals surface area contributed by atoms with Crippen molar-refractivity contribution >= 4 is 34.8 Å². The van der Waals surface area contributed by atoms with Gasteiger partial charge in [-0.15, -0.1) is 0 Å². The zero-order valence-corrected chi connectivity index (χ0v) is 17.6. The molecule has 0 bridgehead atoms. The number of nitrogens with one attached hydrogen (secondary N) is 1. The average molecular weight is 405 g/mol. The van der Waals surface area contributed by atoms with Gasteiger partial charge in [0, 0.05) is 24.2 Å². The van der Waals surface area contributed by atoms with Gasteiger partial charge in [0.1, 0.15) is 6.04 Å². The second-order valence-electron chi connectivity index (χ2n) is 8.25. The van der Waals surface area contributed by atoms with Gasteiger partial charge in [-0.25, -0.2) is 0 Å². The van der Waals surface area contributed by atoms with Crippen LogP contribution in [0.5, 0.6) is 0 Å². The zero-order chi connectivity index (χ0) is 21.4. The van der Waals surface area contributed by atoms with E-state index < -0.39 is 6.04 Å². The molecule has 2 aromatic rings. The molecule has 2 aliphatic rings. The predicted molar refractivity (Wildman–Crippen MR) is 118 cm³/mol. The van der Waals surface area contributed by atoms with Gasteiger partial charge in [-0.1, -0.05) is 32.9 Å². The normalized spacial score (nSPS) is 17.9. The fourth-order valence-corrected chi connectivity index (χ4v) is 4.24. The van der Waals surface area contributed by atoms with Crippen LogP contribution in [0.25, 0.3) is 0 Å². The number of amides is 3. The first-order valence-electron chi connectivity index (χ1n) is 10.6. The number of carbonyl (C=O) groups excluding carboxylic acids is 3.